The summed E-state index contributed by atoms with van der Waals surface area (Å²) in [4.78, 5) is 4.14. The first kappa shape index (κ1) is 13.0. The monoisotopic (exact) mass is 262 g/mol. The summed E-state index contributed by atoms with van der Waals surface area (Å²) in [5, 5.41) is 3.66. The topological polar surface area (TPSA) is 43.4 Å². The third-order valence-corrected chi connectivity index (χ3v) is 4.13. The van der Waals surface area contributed by atoms with Gasteiger partial charge >= 0.3 is 0 Å². The molecule has 1 aromatic rings. The van der Waals surface area contributed by atoms with E-state index in [1.165, 1.54) is 5.56 Å². The van der Waals surface area contributed by atoms with Crippen LogP contribution in [0.25, 0.3) is 0 Å². The summed E-state index contributed by atoms with van der Waals surface area (Å²) in [6.45, 7) is 3.48. The molecular formula is C15H22N2O2. The molecule has 2 saturated heterocycles. The van der Waals surface area contributed by atoms with Crippen LogP contribution in [0, 0.1) is 0 Å². The molecule has 1 N–H and O–H groups in total. The quantitative estimate of drug-likeness (QED) is 0.894. The van der Waals surface area contributed by atoms with E-state index in [-0.39, 0.29) is 5.60 Å². The fourth-order valence-corrected chi connectivity index (χ4v) is 3.03. The first-order chi connectivity index (χ1) is 9.36. The van der Waals surface area contributed by atoms with Crippen LogP contribution in [0.15, 0.2) is 24.5 Å². The van der Waals surface area contributed by atoms with Gasteiger partial charge in [0.15, 0.2) is 0 Å². The van der Waals surface area contributed by atoms with Gasteiger partial charge in [-0.1, -0.05) is 6.07 Å². The lowest BCUT2D eigenvalue weighted by atomic mass is 9.89. The van der Waals surface area contributed by atoms with Crippen molar-refractivity contribution in [3.63, 3.8) is 0 Å². The van der Waals surface area contributed by atoms with E-state index in [0.29, 0.717) is 6.04 Å². The molecule has 104 valence electrons. The highest BCUT2D eigenvalue weighted by Gasteiger charge is 2.40. The van der Waals surface area contributed by atoms with E-state index in [4.69, 9.17) is 9.47 Å². The molecule has 0 aliphatic carbocycles. The van der Waals surface area contributed by atoms with E-state index in [1.807, 2.05) is 18.5 Å². The maximum Gasteiger partial charge on any atom is 0.0951 e. The van der Waals surface area contributed by atoms with Gasteiger partial charge in [-0.2, -0.15) is 0 Å². The molecule has 2 atom stereocenters. The van der Waals surface area contributed by atoms with Gasteiger partial charge in [0, 0.05) is 38.1 Å². The number of nitrogens with zero attached hydrogens (tertiary/aromatic N) is 1. The summed E-state index contributed by atoms with van der Waals surface area (Å²) in [6.07, 6.45) is 8.04. The van der Waals surface area contributed by atoms with Crippen LogP contribution in [0.3, 0.4) is 0 Å². The number of ether oxygens (including phenoxy) is 2. The minimum atomic E-state index is 0.00419. The zero-order valence-corrected chi connectivity index (χ0v) is 11.3. The molecule has 2 unspecified atom stereocenters. The Morgan fingerprint density at radius 2 is 2.42 bits per heavy atom. The molecule has 4 nitrogen and oxygen atoms in total. The molecule has 0 amide bonds. The molecular weight excluding hydrogens is 240 g/mol. The minimum Gasteiger partial charge on any atom is -0.378 e. The number of hydrogen-bond acceptors (Lipinski definition) is 4. The van der Waals surface area contributed by atoms with Gasteiger partial charge in [0.25, 0.3) is 0 Å². The van der Waals surface area contributed by atoms with Gasteiger partial charge in [-0.15, -0.1) is 0 Å². The Balaban J connectivity index is 1.45. The molecule has 0 aromatic carbocycles. The van der Waals surface area contributed by atoms with Crippen molar-refractivity contribution >= 4 is 0 Å². The van der Waals surface area contributed by atoms with Gasteiger partial charge in [-0.25, -0.2) is 0 Å². The van der Waals surface area contributed by atoms with Gasteiger partial charge in [0.2, 0.25) is 0 Å². The summed E-state index contributed by atoms with van der Waals surface area (Å²) in [7, 11) is 0. The van der Waals surface area contributed by atoms with Crippen LogP contribution in [0.2, 0.25) is 0 Å². The van der Waals surface area contributed by atoms with E-state index in [1.54, 1.807) is 0 Å². The minimum absolute atomic E-state index is 0.00419. The highest BCUT2D eigenvalue weighted by molar-refractivity contribution is 5.08. The molecule has 3 rings (SSSR count). The molecule has 3 heterocycles. The summed E-state index contributed by atoms with van der Waals surface area (Å²) in [6, 6.07) is 4.69. The average Bonchev–Trinajstić information content (AvgIpc) is 2.88. The second-order valence-corrected chi connectivity index (χ2v) is 5.59. The zero-order valence-electron chi connectivity index (χ0n) is 11.3. The standard InChI is InChI=1S/C15H22N2O2/c1-2-13(11-16-6-1)3-7-17-14-4-8-19-15(10-14)5-9-18-12-15/h1-2,6,11,14,17H,3-5,7-10,12H2. The third kappa shape index (κ3) is 3.32. The Labute approximate surface area is 114 Å². The smallest absolute Gasteiger partial charge is 0.0951 e. The largest absolute Gasteiger partial charge is 0.378 e. The maximum absolute atomic E-state index is 5.95. The van der Waals surface area contributed by atoms with E-state index in [2.05, 4.69) is 16.4 Å². The Kier molecular flexibility index (Phi) is 4.11. The first-order valence-corrected chi connectivity index (χ1v) is 7.20. The summed E-state index contributed by atoms with van der Waals surface area (Å²) in [5.41, 5.74) is 1.30. The third-order valence-electron chi connectivity index (χ3n) is 4.13. The fraction of sp³-hybridized carbons (Fsp3) is 0.667. The van der Waals surface area contributed by atoms with Crippen molar-refractivity contribution < 1.29 is 9.47 Å². The molecule has 0 saturated carbocycles. The average molecular weight is 262 g/mol. The predicted molar refractivity (Wildman–Crippen MR) is 73.1 cm³/mol. The molecule has 2 aliphatic heterocycles. The van der Waals surface area contributed by atoms with E-state index < -0.39 is 0 Å². The Morgan fingerprint density at radius 3 is 3.21 bits per heavy atom. The number of pyridine rings is 1. The predicted octanol–water partition coefficient (Wildman–Crippen LogP) is 1.55. The zero-order chi connectivity index (χ0) is 13.0. The number of nitrogens with one attached hydrogen (secondary N) is 1. The molecule has 0 radical (unpaired) electrons. The Hall–Kier alpha value is -0.970. The normalized spacial score (nSPS) is 30.8. The highest BCUT2D eigenvalue weighted by Crippen LogP contribution is 2.32. The molecule has 1 aromatic heterocycles. The van der Waals surface area contributed by atoms with Gasteiger partial charge in [0.1, 0.15) is 0 Å². The second kappa shape index (κ2) is 5.99. The maximum atomic E-state index is 5.95. The highest BCUT2D eigenvalue weighted by atomic mass is 16.6. The van der Waals surface area contributed by atoms with Gasteiger partial charge in [-0.3, -0.25) is 4.98 Å². The number of hydrogen-bond donors (Lipinski definition) is 1. The molecule has 4 heteroatoms. The fourth-order valence-electron chi connectivity index (χ4n) is 3.03. The van der Waals surface area contributed by atoms with E-state index in [9.17, 15) is 0 Å². The van der Waals surface area contributed by atoms with E-state index >= 15 is 0 Å². The number of aromatic nitrogens is 1. The van der Waals surface area contributed by atoms with Crippen molar-refractivity contribution in [1.29, 1.82) is 0 Å². The van der Waals surface area contributed by atoms with Gasteiger partial charge in [-0.05, 0) is 37.4 Å². The summed E-state index contributed by atoms with van der Waals surface area (Å²) in [5.74, 6) is 0. The van der Waals surface area contributed by atoms with Crippen LogP contribution in [0.1, 0.15) is 24.8 Å². The van der Waals surface area contributed by atoms with Crippen molar-refractivity contribution in [3.05, 3.63) is 30.1 Å². The van der Waals surface area contributed by atoms with Gasteiger partial charge < -0.3 is 14.8 Å². The second-order valence-electron chi connectivity index (χ2n) is 5.59. The molecule has 2 aliphatic rings. The Morgan fingerprint density at radius 1 is 1.42 bits per heavy atom. The lowest BCUT2D eigenvalue weighted by Gasteiger charge is -2.37. The summed E-state index contributed by atoms with van der Waals surface area (Å²) < 4.78 is 11.4. The van der Waals surface area contributed by atoms with Crippen LogP contribution >= 0.6 is 0 Å². The van der Waals surface area contributed by atoms with Crippen molar-refractivity contribution in [1.82, 2.24) is 10.3 Å². The first-order valence-electron chi connectivity index (χ1n) is 7.20. The van der Waals surface area contributed by atoms with Crippen molar-refractivity contribution in [2.75, 3.05) is 26.4 Å². The van der Waals surface area contributed by atoms with Crippen LogP contribution in [-0.4, -0.2) is 43.0 Å². The van der Waals surface area contributed by atoms with Crippen molar-refractivity contribution in [3.8, 4) is 0 Å². The molecule has 0 bridgehead atoms. The summed E-state index contributed by atoms with van der Waals surface area (Å²) >= 11 is 0. The molecule has 1 spiro atoms. The molecule has 2 fully saturated rings. The van der Waals surface area contributed by atoms with Crippen LogP contribution < -0.4 is 5.32 Å². The van der Waals surface area contributed by atoms with Crippen LogP contribution in [0.5, 0.6) is 0 Å². The van der Waals surface area contributed by atoms with Crippen molar-refractivity contribution in [2.24, 2.45) is 0 Å². The van der Waals surface area contributed by atoms with Crippen LogP contribution in [0.4, 0.5) is 0 Å². The Bertz CT molecular complexity index is 390. The van der Waals surface area contributed by atoms with Crippen molar-refractivity contribution in [2.45, 2.75) is 37.3 Å². The SMILES string of the molecule is c1cncc(CCNC2CCOC3(CCOC3)C2)c1. The van der Waals surface area contributed by atoms with Gasteiger partial charge in [0.05, 0.1) is 12.2 Å². The molecule has 19 heavy (non-hydrogen) atoms. The van der Waals surface area contributed by atoms with Crippen LogP contribution in [-0.2, 0) is 15.9 Å². The lowest BCUT2D eigenvalue weighted by molar-refractivity contribution is -0.0891. The van der Waals surface area contributed by atoms with E-state index in [0.717, 1.165) is 52.0 Å². The lowest BCUT2D eigenvalue weighted by Crippen LogP contribution is -2.47. The number of rotatable bonds is 4.